The van der Waals surface area contributed by atoms with Gasteiger partial charge in [0.1, 0.15) is 0 Å². The number of rotatable bonds is 10. The molecular weight excluding hydrogens is 312 g/mol. The third kappa shape index (κ3) is 10.1. The number of nitrogens with zero attached hydrogens (tertiary/aromatic N) is 1. The van der Waals surface area contributed by atoms with E-state index >= 15 is 0 Å². The molecule has 0 aromatic carbocycles. The van der Waals surface area contributed by atoms with Crippen LogP contribution in [0.2, 0.25) is 0 Å². The summed E-state index contributed by atoms with van der Waals surface area (Å²) < 4.78 is 0. The summed E-state index contributed by atoms with van der Waals surface area (Å²) in [5.74, 6) is 0. The Bertz CT molecular complexity index is 365. The summed E-state index contributed by atoms with van der Waals surface area (Å²) in [6.45, 7) is 10.3. The van der Waals surface area contributed by atoms with Gasteiger partial charge in [-0.15, -0.1) is 0 Å². The lowest BCUT2D eigenvalue weighted by atomic mass is 9.92. The van der Waals surface area contributed by atoms with Gasteiger partial charge in [0.25, 0.3) is 0 Å². The second kappa shape index (κ2) is 11.8. The summed E-state index contributed by atoms with van der Waals surface area (Å²) in [4.78, 5) is 14.7. The lowest BCUT2D eigenvalue weighted by Gasteiger charge is -2.34. The van der Waals surface area contributed by atoms with Crippen LogP contribution in [0.5, 0.6) is 0 Å². The Hall–Kier alpha value is -0.770. The minimum atomic E-state index is -0.382. The van der Waals surface area contributed by atoms with Gasteiger partial charge in [0.2, 0.25) is 0 Å². The molecule has 4 nitrogen and oxygen atoms in total. The molecule has 1 rings (SSSR count). The second-order valence-corrected chi connectivity index (χ2v) is 9.01. The van der Waals surface area contributed by atoms with Gasteiger partial charge in [-0.1, -0.05) is 79.1 Å². The average molecular weight is 355 g/mol. The molecule has 0 heterocycles. The predicted molar refractivity (Wildman–Crippen MR) is 106 cm³/mol. The number of aliphatic hydroxyl groups is 1. The highest BCUT2D eigenvalue weighted by Gasteiger charge is 2.27. The van der Waals surface area contributed by atoms with Gasteiger partial charge in [0.05, 0.1) is 12.1 Å². The minimum Gasteiger partial charge on any atom is -0.391 e. The van der Waals surface area contributed by atoms with Crippen LogP contribution in [0.25, 0.3) is 0 Å². The first-order valence-electron chi connectivity index (χ1n) is 10.6. The molecule has 0 aromatic heterocycles. The maximum Gasteiger partial charge on any atom is 0.317 e. The molecule has 1 saturated carbocycles. The molecule has 0 unspecified atom stereocenters. The molecular formula is C21H42N2O2. The van der Waals surface area contributed by atoms with Gasteiger partial charge in [-0.2, -0.15) is 0 Å². The Balaban J connectivity index is 2.41. The Morgan fingerprint density at radius 3 is 2.24 bits per heavy atom. The van der Waals surface area contributed by atoms with Gasteiger partial charge >= 0.3 is 6.03 Å². The van der Waals surface area contributed by atoms with E-state index in [1.54, 1.807) is 0 Å². The summed E-state index contributed by atoms with van der Waals surface area (Å²) in [6, 6.07) is -0.0652. The van der Waals surface area contributed by atoms with Gasteiger partial charge in [0, 0.05) is 13.1 Å². The topological polar surface area (TPSA) is 52.6 Å². The third-order valence-corrected chi connectivity index (χ3v) is 5.02. The number of urea groups is 1. The fourth-order valence-corrected chi connectivity index (χ4v) is 3.61. The van der Waals surface area contributed by atoms with E-state index in [0.29, 0.717) is 0 Å². The summed E-state index contributed by atoms with van der Waals surface area (Å²) in [6.07, 6.45) is 12.3. The molecule has 1 aliphatic carbocycles. The van der Waals surface area contributed by atoms with E-state index in [9.17, 15) is 9.90 Å². The molecule has 2 atom stereocenters. The molecule has 0 radical (unpaired) electrons. The number of hydrogen-bond acceptors (Lipinski definition) is 2. The maximum atomic E-state index is 12.7. The van der Waals surface area contributed by atoms with Crippen LogP contribution in [0.3, 0.4) is 0 Å². The van der Waals surface area contributed by atoms with E-state index in [0.717, 1.165) is 45.2 Å². The zero-order valence-corrected chi connectivity index (χ0v) is 17.1. The number of amides is 2. The number of hydrogen-bond donors (Lipinski definition) is 2. The fraction of sp³-hybridized carbons (Fsp3) is 0.952. The van der Waals surface area contributed by atoms with Crippen molar-refractivity contribution in [1.82, 2.24) is 10.2 Å². The van der Waals surface area contributed by atoms with Crippen LogP contribution < -0.4 is 5.32 Å². The summed E-state index contributed by atoms with van der Waals surface area (Å²) >= 11 is 0. The Morgan fingerprint density at radius 1 is 1.04 bits per heavy atom. The van der Waals surface area contributed by atoms with E-state index < -0.39 is 0 Å². The van der Waals surface area contributed by atoms with Crippen molar-refractivity contribution in [2.75, 3.05) is 13.1 Å². The first-order valence-corrected chi connectivity index (χ1v) is 10.6. The van der Waals surface area contributed by atoms with Crippen LogP contribution in [0.4, 0.5) is 4.79 Å². The van der Waals surface area contributed by atoms with Crippen molar-refractivity contribution in [3.05, 3.63) is 0 Å². The number of carbonyl (C=O) groups excluding carboxylic acids is 1. The fourth-order valence-electron chi connectivity index (χ4n) is 3.61. The van der Waals surface area contributed by atoms with Crippen LogP contribution in [0.15, 0.2) is 0 Å². The van der Waals surface area contributed by atoms with Crippen LogP contribution in [0, 0.1) is 5.41 Å². The van der Waals surface area contributed by atoms with Crippen molar-refractivity contribution in [2.24, 2.45) is 5.41 Å². The lowest BCUT2D eigenvalue weighted by Crippen LogP contribution is -2.52. The highest BCUT2D eigenvalue weighted by atomic mass is 16.3. The van der Waals surface area contributed by atoms with E-state index in [1.165, 1.54) is 38.5 Å². The number of aliphatic hydroxyl groups excluding tert-OH is 1. The lowest BCUT2D eigenvalue weighted by molar-refractivity contribution is 0.0877. The monoisotopic (exact) mass is 354 g/mol. The van der Waals surface area contributed by atoms with E-state index in [1.807, 2.05) is 4.90 Å². The first kappa shape index (κ1) is 22.3. The highest BCUT2D eigenvalue weighted by molar-refractivity contribution is 5.74. The maximum absolute atomic E-state index is 12.7. The summed E-state index contributed by atoms with van der Waals surface area (Å²) in [5, 5.41) is 13.2. The van der Waals surface area contributed by atoms with Gasteiger partial charge in [-0.3, -0.25) is 0 Å². The molecule has 0 aromatic rings. The Labute approximate surface area is 155 Å². The Morgan fingerprint density at radius 2 is 1.64 bits per heavy atom. The van der Waals surface area contributed by atoms with Crippen molar-refractivity contribution in [1.29, 1.82) is 0 Å². The number of carbonyl (C=O) groups is 1. The van der Waals surface area contributed by atoms with E-state index in [-0.39, 0.29) is 23.6 Å². The van der Waals surface area contributed by atoms with Gasteiger partial charge in [-0.05, 0) is 24.7 Å². The Kier molecular flexibility index (Phi) is 10.5. The van der Waals surface area contributed by atoms with Crippen molar-refractivity contribution in [3.63, 3.8) is 0 Å². The molecule has 148 valence electrons. The van der Waals surface area contributed by atoms with Crippen LogP contribution >= 0.6 is 0 Å². The van der Waals surface area contributed by atoms with Crippen molar-refractivity contribution >= 4 is 6.03 Å². The van der Waals surface area contributed by atoms with Gasteiger partial charge in [0.15, 0.2) is 0 Å². The van der Waals surface area contributed by atoms with E-state index in [4.69, 9.17) is 0 Å². The average Bonchev–Trinajstić information content (AvgIpc) is 2.54. The number of unbranched alkanes of at least 4 members (excludes halogenated alkanes) is 6. The molecule has 0 bridgehead atoms. The smallest absolute Gasteiger partial charge is 0.317 e. The molecule has 4 heteroatoms. The van der Waals surface area contributed by atoms with Crippen LogP contribution in [-0.2, 0) is 0 Å². The molecule has 1 fully saturated rings. The quantitative estimate of drug-likeness (QED) is 0.536. The molecule has 2 amide bonds. The zero-order valence-electron chi connectivity index (χ0n) is 17.1. The standard InChI is InChI=1S/C21H42N2O2/c1-5-6-7-8-9-10-13-16-23(17-21(2,3)4)20(25)22-18-14-11-12-15-19(18)24/h18-19,24H,5-17H2,1-4H3,(H,22,25)/t18-,19-/m0/s1. The van der Waals surface area contributed by atoms with Crippen molar-refractivity contribution < 1.29 is 9.90 Å². The van der Waals surface area contributed by atoms with Crippen molar-refractivity contribution in [2.45, 2.75) is 110 Å². The summed E-state index contributed by atoms with van der Waals surface area (Å²) in [5.41, 5.74) is 0.0870. The summed E-state index contributed by atoms with van der Waals surface area (Å²) in [7, 11) is 0. The minimum absolute atomic E-state index is 0.00635. The third-order valence-electron chi connectivity index (χ3n) is 5.02. The largest absolute Gasteiger partial charge is 0.391 e. The molecule has 0 saturated heterocycles. The second-order valence-electron chi connectivity index (χ2n) is 9.01. The van der Waals surface area contributed by atoms with Crippen LogP contribution in [0.1, 0.15) is 98.3 Å². The SMILES string of the molecule is CCCCCCCCCN(CC(C)(C)C)C(=O)N[C@H]1CCCC[C@@H]1O. The molecule has 25 heavy (non-hydrogen) atoms. The predicted octanol–water partition coefficient (Wildman–Crippen LogP) is 5.10. The zero-order chi connectivity index (χ0) is 18.7. The molecule has 0 spiro atoms. The van der Waals surface area contributed by atoms with E-state index in [2.05, 4.69) is 33.0 Å². The molecule has 2 N–H and O–H groups in total. The highest BCUT2D eigenvalue weighted by Crippen LogP contribution is 2.20. The van der Waals surface area contributed by atoms with Gasteiger partial charge in [-0.25, -0.2) is 4.79 Å². The molecule has 1 aliphatic rings. The number of nitrogens with one attached hydrogen (secondary N) is 1. The van der Waals surface area contributed by atoms with Gasteiger partial charge < -0.3 is 15.3 Å². The van der Waals surface area contributed by atoms with Crippen molar-refractivity contribution in [3.8, 4) is 0 Å². The first-order chi connectivity index (χ1) is 11.8. The van der Waals surface area contributed by atoms with Crippen LogP contribution in [-0.4, -0.2) is 41.3 Å². The normalized spacial score (nSPS) is 21.2. The molecule has 0 aliphatic heterocycles.